The number of rotatable bonds is 5. The molecule has 0 bridgehead atoms. The molecular weight excluding hydrogens is 376 g/mol. The molecule has 2 heterocycles. The smallest absolute Gasteiger partial charge is 0.252 e. The second-order valence-electron chi connectivity index (χ2n) is 7.27. The summed E-state index contributed by atoms with van der Waals surface area (Å²) in [5, 5.41) is 8.05. The molecule has 0 aliphatic heterocycles. The van der Waals surface area contributed by atoms with Crippen LogP contribution in [0.1, 0.15) is 54.5 Å². The molecule has 148 valence electrons. The maximum atomic E-state index is 12.9. The fourth-order valence-electron chi connectivity index (χ4n) is 3.07. The van der Waals surface area contributed by atoms with Crippen LogP contribution in [0.15, 0.2) is 41.4 Å². The van der Waals surface area contributed by atoms with E-state index >= 15 is 0 Å². The fourth-order valence-corrected chi connectivity index (χ4v) is 3.70. The first kappa shape index (κ1) is 20.0. The van der Waals surface area contributed by atoms with Crippen LogP contribution in [-0.2, 0) is 9.84 Å². The van der Waals surface area contributed by atoms with Gasteiger partial charge in [-0.15, -0.1) is 0 Å². The van der Waals surface area contributed by atoms with E-state index in [1.165, 1.54) is 6.26 Å². The van der Waals surface area contributed by atoms with Crippen LogP contribution < -0.4 is 5.32 Å². The average molecular weight is 401 g/mol. The number of benzene rings is 1. The first-order chi connectivity index (χ1) is 13.1. The Bertz CT molecular complexity index is 1130. The Morgan fingerprint density at radius 3 is 2.36 bits per heavy atom. The molecule has 3 aromatic rings. The molecule has 0 radical (unpaired) electrons. The summed E-state index contributed by atoms with van der Waals surface area (Å²) in [6, 6.07) is 8.13. The molecule has 1 N–H and O–H groups in total. The Balaban J connectivity index is 1.89. The first-order valence-electron chi connectivity index (χ1n) is 9.03. The Hall–Kier alpha value is -2.74. The summed E-state index contributed by atoms with van der Waals surface area (Å²) in [4.78, 5) is 17.7. The summed E-state index contributed by atoms with van der Waals surface area (Å²) < 4.78 is 25.0. The highest BCUT2D eigenvalue weighted by molar-refractivity contribution is 7.90. The third-order valence-corrected chi connectivity index (χ3v) is 5.71. The molecule has 0 aliphatic carbocycles. The number of hydrogen-bond acceptors (Lipinski definition) is 5. The lowest BCUT2D eigenvalue weighted by molar-refractivity contribution is 0.0941. The highest BCUT2D eigenvalue weighted by Gasteiger charge is 2.19. The number of nitrogens with one attached hydrogen (secondary N) is 1. The van der Waals surface area contributed by atoms with Crippen molar-refractivity contribution in [2.24, 2.45) is 0 Å². The van der Waals surface area contributed by atoms with Crippen molar-refractivity contribution in [2.45, 2.75) is 44.7 Å². The number of amides is 1. The number of aryl methyl sites for hydroxylation is 1. The molecule has 1 atom stereocenters. The SMILES string of the molecule is Cc1cc(C(=O)N[C@@H](C)c2ccc(S(C)(=O)=O)cc2)c2cnn(C(C)C)c2n1. The Morgan fingerprint density at radius 1 is 1.14 bits per heavy atom. The Kier molecular flexibility index (Phi) is 5.25. The Labute approximate surface area is 164 Å². The lowest BCUT2D eigenvalue weighted by Gasteiger charge is -2.15. The lowest BCUT2D eigenvalue weighted by Crippen LogP contribution is -2.27. The van der Waals surface area contributed by atoms with Gasteiger partial charge in [0.05, 0.1) is 28.1 Å². The topological polar surface area (TPSA) is 94.0 Å². The van der Waals surface area contributed by atoms with Crippen LogP contribution >= 0.6 is 0 Å². The average Bonchev–Trinajstić information content (AvgIpc) is 3.04. The molecule has 0 spiro atoms. The van der Waals surface area contributed by atoms with Gasteiger partial charge in [-0.3, -0.25) is 4.79 Å². The van der Waals surface area contributed by atoms with Gasteiger partial charge in [-0.1, -0.05) is 12.1 Å². The maximum absolute atomic E-state index is 12.9. The van der Waals surface area contributed by atoms with Crippen LogP contribution in [0.5, 0.6) is 0 Å². The van der Waals surface area contributed by atoms with Crippen molar-refractivity contribution in [1.29, 1.82) is 0 Å². The van der Waals surface area contributed by atoms with Gasteiger partial charge in [0.2, 0.25) is 0 Å². The number of pyridine rings is 1. The number of fused-ring (bicyclic) bond motifs is 1. The van der Waals surface area contributed by atoms with Gasteiger partial charge in [-0.25, -0.2) is 18.1 Å². The van der Waals surface area contributed by atoms with Crippen LogP contribution in [0, 0.1) is 6.92 Å². The van der Waals surface area contributed by atoms with Gasteiger partial charge in [0.25, 0.3) is 5.91 Å². The normalized spacial score (nSPS) is 13.1. The van der Waals surface area contributed by atoms with Gasteiger partial charge >= 0.3 is 0 Å². The lowest BCUT2D eigenvalue weighted by atomic mass is 10.1. The van der Waals surface area contributed by atoms with Crippen molar-refractivity contribution in [1.82, 2.24) is 20.1 Å². The molecule has 8 heteroatoms. The van der Waals surface area contributed by atoms with Gasteiger partial charge in [0.15, 0.2) is 15.5 Å². The summed E-state index contributed by atoms with van der Waals surface area (Å²) in [5.41, 5.74) is 2.77. The molecule has 0 saturated heterocycles. The number of carbonyl (C=O) groups excluding carboxylic acids is 1. The van der Waals surface area contributed by atoms with E-state index in [1.807, 2.05) is 27.7 Å². The zero-order valence-electron chi connectivity index (χ0n) is 16.6. The zero-order chi connectivity index (χ0) is 20.6. The molecule has 0 aliphatic rings. The van der Waals surface area contributed by atoms with E-state index < -0.39 is 9.84 Å². The standard InChI is InChI=1S/C20H24N4O3S/c1-12(2)24-19-18(11-21-24)17(10-13(3)22-19)20(25)23-14(4)15-6-8-16(9-7-15)28(5,26)27/h6-12,14H,1-5H3,(H,23,25)/t14-/m0/s1. The quantitative estimate of drug-likeness (QED) is 0.710. The molecule has 1 aromatic carbocycles. The summed E-state index contributed by atoms with van der Waals surface area (Å²) in [6.45, 7) is 7.73. The van der Waals surface area contributed by atoms with Crippen LogP contribution in [-0.4, -0.2) is 35.3 Å². The van der Waals surface area contributed by atoms with Crippen molar-refractivity contribution < 1.29 is 13.2 Å². The Morgan fingerprint density at radius 2 is 1.79 bits per heavy atom. The fraction of sp³-hybridized carbons (Fsp3) is 0.350. The number of nitrogens with zero attached hydrogens (tertiary/aromatic N) is 3. The summed E-state index contributed by atoms with van der Waals surface area (Å²) >= 11 is 0. The minimum atomic E-state index is -3.25. The molecule has 1 amide bonds. The second-order valence-corrected chi connectivity index (χ2v) is 9.28. The summed E-state index contributed by atoms with van der Waals surface area (Å²) in [5.74, 6) is -0.224. The van der Waals surface area contributed by atoms with Gasteiger partial charge in [-0.05, 0) is 51.5 Å². The largest absolute Gasteiger partial charge is 0.345 e. The van der Waals surface area contributed by atoms with Crippen molar-refractivity contribution in [3.8, 4) is 0 Å². The maximum Gasteiger partial charge on any atom is 0.252 e. The third kappa shape index (κ3) is 3.91. The van der Waals surface area contributed by atoms with Crippen LogP contribution in [0.4, 0.5) is 0 Å². The number of sulfone groups is 1. The van der Waals surface area contributed by atoms with E-state index in [0.717, 1.165) is 11.3 Å². The van der Waals surface area contributed by atoms with E-state index in [1.54, 1.807) is 41.2 Å². The minimum absolute atomic E-state index is 0.134. The molecule has 2 aromatic heterocycles. The van der Waals surface area contributed by atoms with Crippen molar-refractivity contribution >= 4 is 26.8 Å². The molecular formula is C20H24N4O3S. The molecule has 7 nitrogen and oxygen atoms in total. The molecule has 0 saturated carbocycles. The van der Waals surface area contributed by atoms with E-state index in [9.17, 15) is 13.2 Å². The summed E-state index contributed by atoms with van der Waals surface area (Å²) in [7, 11) is -3.25. The highest BCUT2D eigenvalue weighted by atomic mass is 32.2. The predicted octanol–water partition coefficient (Wildman–Crippen LogP) is 3.22. The molecule has 28 heavy (non-hydrogen) atoms. The van der Waals surface area contributed by atoms with Crippen molar-refractivity contribution in [3.63, 3.8) is 0 Å². The van der Waals surface area contributed by atoms with E-state index in [-0.39, 0.29) is 22.9 Å². The van der Waals surface area contributed by atoms with Gasteiger partial charge in [-0.2, -0.15) is 5.10 Å². The van der Waals surface area contributed by atoms with E-state index in [0.29, 0.717) is 16.6 Å². The zero-order valence-corrected chi connectivity index (χ0v) is 17.4. The van der Waals surface area contributed by atoms with Crippen LogP contribution in [0.3, 0.4) is 0 Å². The van der Waals surface area contributed by atoms with E-state index in [4.69, 9.17) is 0 Å². The van der Waals surface area contributed by atoms with Gasteiger partial charge < -0.3 is 5.32 Å². The number of aromatic nitrogens is 3. The molecule has 0 unspecified atom stereocenters. The molecule has 3 rings (SSSR count). The summed E-state index contributed by atoms with van der Waals surface area (Å²) in [6.07, 6.45) is 2.84. The number of carbonyl (C=O) groups is 1. The minimum Gasteiger partial charge on any atom is -0.345 e. The van der Waals surface area contributed by atoms with Gasteiger partial charge in [0, 0.05) is 18.0 Å². The van der Waals surface area contributed by atoms with Crippen LogP contribution in [0.25, 0.3) is 11.0 Å². The second kappa shape index (κ2) is 7.35. The van der Waals surface area contributed by atoms with E-state index in [2.05, 4.69) is 15.4 Å². The van der Waals surface area contributed by atoms with Crippen molar-refractivity contribution in [2.75, 3.05) is 6.26 Å². The predicted molar refractivity (Wildman–Crippen MR) is 108 cm³/mol. The first-order valence-corrected chi connectivity index (χ1v) is 10.9. The van der Waals surface area contributed by atoms with Crippen LogP contribution in [0.2, 0.25) is 0 Å². The molecule has 0 fully saturated rings. The monoisotopic (exact) mass is 400 g/mol. The van der Waals surface area contributed by atoms with Gasteiger partial charge in [0.1, 0.15) is 0 Å². The number of hydrogen-bond donors (Lipinski definition) is 1. The van der Waals surface area contributed by atoms with Crippen molar-refractivity contribution in [3.05, 3.63) is 53.3 Å². The highest BCUT2D eigenvalue weighted by Crippen LogP contribution is 2.22. The third-order valence-electron chi connectivity index (χ3n) is 4.58.